The minimum Gasteiger partial charge on any atom is -0.508 e. The van der Waals surface area contributed by atoms with Crippen LogP contribution in [0.4, 0.5) is 13.2 Å². The number of hydrogen-bond acceptors (Lipinski definition) is 1. The maximum Gasteiger partial charge on any atom is 0.134 e. The molecular formula is C12H7F3O. The van der Waals surface area contributed by atoms with E-state index in [-0.39, 0.29) is 16.9 Å². The number of hydrogen-bond donors (Lipinski definition) is 1. The molecule has 16 heavy (non-hydrogen) atoms. The summed E-state index contributed by atoms with van der Waals surface area (Å²) in [7, 11) is 0. The molecule has 0 aromatic heterocycles. The van der Waals surface area contributed by atoms with E-state index in [4.69, 9.17) is 5.11 Å². The molecule has 0 fully saturated rings. The van der Waals surface area contributed by atoms with Crippen molar-refractivity contribution in [1.82, 2.24) is 0 Å². The highest BCUT2D eigenvalue weighted by molar-refractivity contribution is 5.65. The summed E-state index contributed by atoms with van der Waals surface area (Å²) in [5.41, 5.74) is -0.257. The summed E-state index contributed by atoms with van der Waals surface area (Å²) < 4.78 is 39.6. The lowest BCUT2D eigenvalue weighted by Gasteiger charge is -2.05. The number of rotatable bonds is 1. The van der Waals surface area contributed by atoms with Crippen LogP contribution in [0.25, 0.3) is 11.1 Å². The molecule has 1 N–H and O–H groups in total. The molecule has 2 aromatic rings. The maximum absolute atomic E-state index is 13.4. The molecule has 0 bridgehead atoms. The minimum atomic E-state index is -0.801. The fourth-order valence-corrected chi connectivity index (χ4v) is 1.43. The Labute approximate surface area is 89.8 Å². The molecule has 2 aromatic carbocycles. The highest BCUT2D eigenvalue weighted by Gasteiger charge is 2.11. The van der Waals surface area contributed by atoms with E-state index >= 15 is 0 Å². The number of halogens is 3. The van der Waals surface area contributed by atoms with Gasteiger partial charge in [-0.05, 0) is 30.3 Å². The average Bonchev–Trinajstić information content (AvgIpc) is 2.22. The molecule has 0 heterocycles. The van der Waals surface area contributed by atoms with Crippen molar-refractivity contribution in [2.75, 3.05) is 0 Å². The third kappa shape index (κ3) is 1.86. The monoisotopic (exact) mass is 224 g/mol. The van der Waals surface area contributed by atoms with E-state index in [0.717, 1.165) is 24.3 Å². The van der Waals surface area contributed by atoms with Gasteiger partial charge in [0.15, 0.2) is 0 Å². The van der Waals surface area contributed by atoms with E-state index in [1.54, 1.807) is 0 Å². The topological polar surface area (TPSA) is 20.2 Å². The molecular weight excluding hydrogens is 217 g/mol. The third-order valence-corrected chi connectivity index (χ3v) is 2.17. The second-order valence-corrected chi connectivity index (χ2v) is 3.29. The normalized spacial score (nSPS) is 10.4. The highest BCUT2D eigenvalue weighted by atomic mass is 19.1. The second-order valence-electron chi connectivity index (χ2n) is 3.29. The second kappa shape index (κ2) is 3.89. The molecule has 2 rings (SSSR count). The van der Waals surface area contributed by atoms with E-state index < -0.39 is 17.5 Å². The first-order chi connectivity index (χ1) is 7.58. The Morgan fingerprint density at radius 2 is 1.50 bits per heavy atom. The number of benzene rings is 2. The zero-order chi connectivity index (χ0) is 11.7. The largest absolute Gasteiger partial charge is 0.508 e. The summed E-state index contributed by atoms with van der Waals surface area (Å²) >= 11 is 0. The molecule has 82 valence electrons. The Balaban J connectivity index is 2.62. The third-order valence-electron chi connectivity index (χ3n) is 2.17. The lowest BCUT2D eigenvalue weighted by atomic mass is 10.0. The van der Waals surface area contributed by atoms with Gasteiger partial charge in [-0.25, -0.2) is 13.2 Å². The molecule has 0 saturated carbocycles. The van der Waals surface area contributed by atoms with Gasteiger partial charge in [-0.15, -0.1) is 0 Å². The van der Waals surface area contributed by atoms with Crippen LogP contribution in [-0.4, -0.2) is 5.11 Å². The van der Waals surface area contributed by atoms with E-state index in [9.17, 15) is 13.2 Å². The van der Waals surface area contributed by atoms with Gasteiger partial charge < -0.3 is 5.11 Å². The average molecular weight is 224 g/mol. The van der Waals surface area contributed by atoms with Crippen molar-refractivity contribution in [1.29, 1.82) is 0 Å². The van der Waals surface area contributed by atoms with Gasteiger partial charge in [-0.2, -0.15) is 0 Å². The van der Waals surface area contributed by atoms with Gasteiger partial charge in [0.2, 0.25) is 0 Å². The highest BCUT2D eigenvalue weighted by Crippen LogP contribution is 2.28. The number of phenols is 1. The molecule has 0 atom stereocenters. The van der Waals surface area contributed by atoms with Crippen LogP contribution < -0.4 is 0 Å². The Bertz CT molecular complexity index is 538. The Hall–Kier alpha value is -1.97. The Kier molecular flexibility index (Phi) is 2.56. The molecule has 0 aliphatic rings. The molecule has 0 unspecified atom stereocenters. The van der Waals surface area contributed by atoms with Crippen LogP contribution in [0, 0.1) is 17.5 Å². The van der Waals surface area contributed by atoms with Crippen LogP contribution in [0.5, 0.6) is 5.75 Å². The fourth-order valence-electron chi connectivity index (χ4n) is 1.43. The van der Waals surface area contributed by atoms with Crippen LogP contribution in [0.2, 0.25) is 0 Å². The molecule has 0 amide bonds. The SMILES string of the molecule is Oc1ccc(-c2cc(F)ccc2F)c(F)c1. The maximum atomic E-state index is 13.4. The van der Waals surface area contributed by atoms with E-state index in [1.165, 1.54) is 12.1 Å². The van der Waals surface area contributed by atoms with Gasteiger partial charge >= 0.3 is 0 Å². The standard InChI is InChI=1S/C12H7F3O/c13-7-1-4-11(14)10(5-7)9-3-2-8(16)6-12(9)15/h1-6,16H. The zero-order valence-electron chi connectivity index (χ0n) is 8.05. The molecule has 0 radical (unpaired) electrons. The summed E-state index contributed by atoms with van der Waals surface area (Å²) in [5.74, 6) is -2.43. The summed E-state index contributed by atoms with van der Waals surface area (Å²) in [6.07, 6.45) is 0. The number of phenolic OH excluding ortho intramolecular Hbond substituents is 1. The predicted molar refractivity (Wildman–Crippen MR) is 53.4 cm³/mol. The molecule has 0 saturated heterocycles. The summed E-state index contributed by atoms with van der Waals surface area (Å²) in [6, 6.07) is 6.05. The van der Waals surface area contributed by atoms with Gasteiger partial charge in [-0.1, -0.05) is 0 Å². The predicted octanol–water partition coefficient (Wildman–Crippen LogP) is 3.48. The fraction of sp³-hybridized carbons (Fsp3) is 0. The van der Waals surface area contributed by atoms with Gasteiger partial charge in [0, 0.05) is 17.2 Å². The van der Waals surface area contributed by atoms with Crippen molar-refractivity contribution in [3.63, 3.8) is 0 Å². The molecule has 0 aliphatic heterocycles. The van der Waals surface area contributed by atoms with E-state index in [2.05, 4.69) is 0 Å². The van der Waals surface area contributed by atoms with E-state index in [0.29, 0.717) is 0 Å². The molecule has 0 spiro atoms. The van der Waals surface area contributed by atoms with E-state index in [1.807, 2.05) is 0 Å². The smallest absolute Gasteiger partial charge is 0.134 e. The first-order valence-electron chi connectivity index (χ1n) is 4.52. The molecule has 4 heteroatoms. The van der Waals surface area contributed by atoms with Crippen LogP contribution in [-0.2, 0) is 0 Å². The lowest BCUT2D eigenvalue weighted by molar-refractivity contribution is 0.469. The zero-order valence-corrected chi connectivity index (χ0v) is 8.05. The minimum absolute atomic E-state index is 0.0881. The Morgan fingerprint density at radius 1 is 0.750 bits per heavy atom. The van der Waals surface area contributed by atoms with Crippen LogP contribution in [0.1, 0.15) is 0 Å². The Morgan fingerprint density at radius 3 is 2.19 bits per heavy atom. The first kappa shape index (κ1) is 10.5. The van der Waals surface area contributed by atoms with Crippen molar-refractivity contribution in [3.8, 4) is 16.9 Å². The lowest BCUT2D eigenvalue weighted by Crippen LogP contribution is -1.89. The first-order valence-corrected chi connectivity index (χ1v) is 4.52. The van der Waals surface area contributed by atoms with Crippen molar-refractivity contribution < 1.29 is 18.3 Å². The number of aromatic hydroxyl groups is 1. The summed E-state index contributed by atoms with van der Waals surface area (Å²) in [5, 5.41) is 9.00. The summed E-state index contributed by atoms with van der Waals surface area (Å²) in [4.78, 5) is 0. The summed E-state index contributed by atoms with van der Waals surface area (Å²) in [6.45, 7) is 0. The van der Waals surface area contributed by atoms with Gasteiger partial charge in [0.1, 0.15) is 23.2 Å². The van der Waals surface area contributed by atoms with Gasteiger partial charge in [0.25, 0.3) is 0 Å². The van der Waals surface area contributed by atoms with Crippen molar-refractivity contribution in [3.05, 3.63) is 53.8 Å². The van der Waals surface area contributed by atoms with Crippen LogP contribution in [0.3, 0.4) is 0 Å². The van der Waals surface area contributed by atoms with Crippen LogP contribution >= 0.6 is 0 Å². The quantitative estimate of drug-likeness (QED) is 0.786. The van der Waals surface area contributed by atoms with Crippen LogP contribution in [0.15, 0.2) is 36.4 Å². The van der Waals surface area contributed by atoms with Crippen molar-refractivity contribution in [2.45, 2.75) is 0 Å². The molecule has 1 nitrogen and oxygen atoms in total. The van der Waals surface area contributed by atoms with Gasteiger partial charge in [0.05, 0.1) is 0 Å². The van der Waals surface area contributed by atoms with Crippen molar-refractivity contribution >= 4 is 0 Å². The molecule has 0 aliphatic carbocycles. The van der Waals surface area contributed by atoms with Crippen molar-refractivity contribution in [2.24, 2.45) is 0 Å². The van der Waals surface area contributed by atoms with Gasteiger partial charge in [-0.3, -0.25) is 0 Å².